The monoisotopic (exact) mass is 425 g/mol. The predicted octanol–water partition coefficient (Wildman–Crippen LogP) is 4.24. The van der Waals surface area contributed by atoms with Crippen LogP contribution in [0, 0.1) is 5.92 Å². The summed E-state index contributed by atoms with van der Waals surface area (Å²) < 4.78 is 6.95. The number of amides is 3. The fourth-order valence-corrected chi connectivity index (χ4v) is 3.70. The molecule has 4 rings (SSSR count). The second-order valence-corrected chi connectivity index (χ2v) is 7.67. The molecule has 1 aromatic heterocycles. The number of rotatable bonds is 7. The number of halogens is 1. The molecule has 30 heavy (non-hydrogen) atoms. The van der Waals surface area contributed by atoms with E-state index >= 15 is 0 Å². The minimum Gasteiger partial charge on any atom is -0.335 e. The number of unbranched alkanes of at least 4 members (excludes halogenated alkanes) is 2. The number of nitrogens with zero attached hydrogens (tertiary/aromatic N) is 4. The Hall–Kier alpha value is -3.06. The summed E-state index contributed by atoms with van der Waals surface area (Å²) in [6, 6.07) is 6.75. The molecule has 1 unspecified atom stereocenters. The van der Waals surface area contributed by atoms with E-state index in [2.05, 4.69) is 17.1 Å². The Labute approximate surface area is 179 Å². The lowest BCUT2D eigenvalue weighted by Gasteiger charge is -2.26. The molecule has 0 bridgehead atoms. The van der Waals surface area contributed by atoms with Crippen LogP contribution in [-0.2, 0) is 11.3 Å². The lowest BCUT2D eigenvalue weighted by atomic mass is 9.94. The topological polar surface area (TPSA) is 79.3 Å². The van der Waals surface area contributed by atoms with Crippen molar-refractivity contribution in [1.29, 1.82) is 0 Å². The fourth-order valence-electron chi connectivity index (χ4n) is 3.57. The van der Waals surface area contributed by atoms with Crippen LogP contribution in [0.1, 0.15) is 32.1 Å². The van der Waals surface area contributed by atoms with Gasteiger partial charge in [-0.25, -0.2) is 4.79 Å². The fraction of sp³-hybridized carbons (Fsp3) is 0.318. The Bertz CT molecular complexity index is 1050. The van der Waals surface area contributed by atoms with Crippen molar-refractivity contribution in [3.63, 3.8) is 0 Å². The van der Waals surface area contributed by atoms with E-state index < -0.39 is 5.92 Å². The average molecular weight is 426 g/mol. The molecule has 154 valence electrons. The van der Waals surface area contributed by atoms with Gasteiger partial charge in [0.05, 0.1) is 6.54 Å². The van der Waals surface area contributed by atoms with Crippen molar-refractivity contribution >= 4 is 29.3 Å². The van der Waals surface area contributed by atoms with Crippen molar-refractivity contribution in [2.75, 3.05) is 6.54 Å². The molecule has 0 saturated carbocycles. The number of fused-ring (bicyclic) bond motifs is 1. The van der Waals surface area contributed by atoms with Crippen LogP contribution < -0.4 is 0 Å². The molecule has 3 amide bonds. The maximum Gasteiger partial charge on any atom is 0.501 e. The molecular formula is C22H22ClN4O3+. The largest absolute Gasteiger partial charge is 0.501 e. The summed E-state index contributed by atoms with van der Waals surface area (Å²) in [5.41, 5.74) is 1.40. The van der Waals surface area contributed by atoms with Crippen LogP contribution in [0.25, 0.3) is 11.4 Å². The number of carbonyl (C=O) groups is 2. The van der Waals surface area contributed by atoms with E-state index in [4.69, 9.17) is 16.1 Å². The first-order chi connectivity index (χ1) is 14.6. The van der Waals surface area contributed by atoms with Crippen LogP contribution in [-0.4, -0.2) is 43.8 Å². The molecular weight excluding hydrogens is 404 g/mol. The normalized spacial score (nSPS) is 18.3. The number of urea groups is 1. The molecule has 0 fully saturated rings. The highest BCUT2D eigenvalue weighted by atomic mass is 35.5. The molecule has 8 heteroatoms. The Balaban J connectivity index is 1.62. The van der Waals surface area contributed by atoms with E-state index in [0.29, 0.717) is 29.0 Å². The zero-order valence-electron chi connectivity index (χ0n) is 16.6. The number of imide groups is 1. The second kappa shape index (κ2) is 8.75. The van der Waals surface area contributed by atoms with Gasteiger partial charge in [0.25, 0.3) is 5.89 Å². The van der Waals surface area contributed by atoms with Crippen molar-refractivity contribution in [3.8, 4) is 11.4 Å². The third kappa shape index (κ3) is 3.98. The van der Waals surface area contributed by atoms with Crippen LogP contribution in [0.4, 0.5) is 4.79 Å². The van der Waals surface area contributed by atoms with Gasteiger partial charge in [-0.2, -0.15) is 19.3 Å². The average Bonchev–Trinajstić information content (AvgIpc) is 3.23. The van der Waals surface area contributed by atoms with Crippen molar-refractivity contribution in [3.05, 3.63) is 59.5 Å². The molecule has 2 aliphatic rings. The van der Waals surface area contributed by atoms with E-state index in [9.17, 15) is 9.59 Å². The number of allylic oxidation sites excluding steroid dienone is 3. The molecule has 1 aromatic carbocycles. The van der Waals surface area contributed by atoms with E-state index in [1.54, 1.807) is 34.9 Å². The zero-order chi connectivity index (χ0) is 21.1. The van der Waals surface area contributed by atoms with E-state index in [0.717, 1.165) is 24.8 Å². The van der Waals surface area contributed by atoms with Gasteiger partial charge in [-0.3, -0.25) is 0 Å². The molecule has 0 radical (unpaired) electrons. The first kappa shape index (κ1) is 20.2. The molecule has 0 saturated heterocycles. The van der Waals surface area contributed by atoms with Crippen molar-refractivity contribution in [2.24, 2.45) is 5.92 Å². The van der Waals surface area contributed by atoms with Crippen LogP contribution >= 0.6 is 11.6 Å². The summed E-state index contributed by atoms with van der Waals surface area (Å²) >= 11 is 5.93. The summed E-state index contributed by atoms with van der Waals surface area (Å²) in [4.78, 5) is 31.8. The maximum atomic E-state index is 13.2. The molecule has 2 heterocycles. The van der Waals surface area contributed by atoms with Crippen molar-refractivity contribution < 1.29 is 18.7 Å². The number of hydrogen-bond donors (Lipinski definition) is 0. The van der Waals surface area contributed by atoms with Gasteiger partial charge in [0.1, 0.15) is 11.6 Å². The molecule has 1 atom stereocenters. The van der Waals surface area contributed by atoms with Gasteiger partial charge in [-0.1, -0.05) is 48.3 Å². The highest BCUT2D eigenvalue weighted by Crippen LogP contribution is 2.23. The smallest absolute Gasteiger partial charge is 0.335 e. The van der Waals surface area contributed by atoms with E-state index in [1.807, 2.05) is 18.2 Å². The number of aromatic nitrogens is 2. The van der Waals surface area contributed by atoms with Gasteiger partial charge in [0.15, 0.2) is 6.54 Å². The van der Waals surface area contributed by atoms with Crippen molar-refractivity contribution in [2.45, 2.75) is 32.7 Å². The third-order valence-corrected chi connectivity index (χ3v) is 5.41. The number of hydrogen-bond acceptors (Lipinski definition) is 5. The van der Waals surface area contributed by atoms with Gasteiger partial charge in [0.2, 0.25) is 5.82 Å². The van der Waals surface area contributed by atoms with Crippen LogP contribution in [0.2, 0.25) is 5.02 Å². The quantitative estimate of drug-likeness (QED) is 0.489. The number of carbonyl (C=O) groups excluding carboxylic acids is 2. The van der Waals surface area contributed by atoms with Crippen LogP contribution in [0.3, 0.4) is 0 Å². The standard InChI is InChI=1S/C22H22ClN4O3/c1-2-3-6-13-26-21(28)17-7-4-5-8-18(17)27(22(26)29)14-19-24-20(25-30-19)15-9-11-16(23)12-10-15/h4-5,7-12,17H,2-3,6,13-14H2,1H3/q+1. The summed E-state index contributed by atoms with van der Waals surface area (Å²) in [6.45, 7) is 2.59. The highest BCUT2D eigenvalue weighted by molar-refractivity contribution is 6.30. The highest BCUT2D eigenvalue weighted by Gasteiger charge is 2.46. The Morgan fingerprint density at radius 3 is 2.73 bits per heavy atom. The maximum absolute atomic E-state index is 13.2. The summed E-state index contributed by atoms with van der Waals surface area (Å²) in [5.74, 6) is 0.0521. The zero-order valence-corrected chi connectivity index (χ0v) is 17.4. The summed E-state index contributed by atoms with van der Waals surface area (Å²) in [6.07, 6.45) is 10.0. The SMILES string of the molecule is CCCCCN1C(=O)C2C=CC=CC2=[N+](Cc2nc(-c3ccc(Cl)cc3)no2)C1=O. The molecule has 1 aliphatic carbocycles. The lowest BCUT2D eigenvalue weighted by Crippen LogP contribution is -2.54. The molecule has 7 nitrogen and oxygen atoms in total. The predicted molar refractivity (Wildman–Crippen MR) is 112 cm³/mol. The first-order valence-electron chi connectivity index (χ1n) is 10.0. The van der Waals surface area contributed by atoms with Crippen LogP contribution in [0.15, 0.2) is 53.1 Å². The first-order valence-corrected chi connectivity index (χ1v) is 10.4. The summed E-state index contributed by atoms with van der Waals surface area (Å²) in [5, 5.41) is 4.64. The lowest BCUT2D eigenvalue weighted by molar-refractivity contribution is -0.460. The van der Waals surface area contributed by atoms with Crippen LogP contribution in [0.5, 0.6) is 0 Å². The van der Waals surface area contributed by atoms with Gasteiger partial charge in [-0.15, -0.1) is 0 Å². The van der Waals surface area contributed by atoms with E-state index in [-0.39, 0.29) is 18.5 Å². The molecule has 2 aromatic rings. The van der Waals surface area contributed by atoms with Gasteiger partial charge < -0.3 is 4.52 Å². The molecule has 0 N–H and O–H groups in total. The Kier molecular flexibility index (Phi) is 5.90. The second-order valence-electron chi connectivity index (χ2n) is 7.23. The number of benzene rings is 1. The minimum absolute atomic E-state index is 0.0982. The van der Waals surface area contributed by atoms with Gasteiger partial charge >= 0.3 is 11.9 Å². The van der Waals surface area contributed by atoms with Crippen molar-refractivity contribution in [1.82, 2.24) is 15.0 Å². The van der Waals surface area contributed by atoms with Gasteiger partial charge in [0, 0.05) is 10.6 Å². The Morgan fingerprint density at radius 2 is 1.97 bits per heavy atom. The summed E-state index contributed by atoms with van der Waals surface area (Å²) in [7, 11) is 0. The third-order valence-electron chi connectivity index (χ3n) is 5.16. The van der Waals surface area contributed by atoms with Gasteiger partial charge in [-0.05, 0) is 43.2 Å². The van der Waals surface area contributed by atoms with E-state index in [1.165, 1.54) is 4.90 Å². The molecule has 0 spiro atoms. The Morgan fingerprint density at radius 1 is 1.17 bits per heavy atom. The minimum atomic E-state index is -0.479. The molecule has 1 aliphatic heterocycles.